The van der Waals surface area contributed by atoms with Gasteiger partial charge in [-0.2, -0.15) is 0 Å². The number of ether oxygens (including phenoxy) is 1. The van der Waals surface area contributed by atoms with Crippen molar-refractivity contribution in [1.82, 2.24) is 4.98 Å². The molecular formula is C23H15BrCl2N2O4. The maximum absolute atomic E-state index is 13.1. The zero-order chi connectivity index (χ0) is 23.0. The maximum atomic E-state index is 13.1. The van der Waals surface area contributed by atoms with Crippen LogP contribution in [0, 0.1) is 0 Å². The van der Waals surface area contributed by atoms with Crippen molar-refractivity contribution >= 4 is 62.3 Å². The van der Waals surface area contributed by atoms with Gasteiger partial charge in [0.2, 0.25) is 0 Å². The fraction of sp³-hybridized carbons (Fsp3) is 0.0870. The molecule has 1 atom stereocenters. The number of pyridine rings is 1. The monoisotopic (exact) mass is 532 g/mol. The second kappa shape index (κ2) is 8.94. The van der Waals surface area contributed by atoms with Crippen molar-refractivity contribution in [3.8, 4) is 5.75 Å². The third-order valence-corrected chi connectivity index (χ3v) is 6.14. The lowest BCUT2D eigenvalue weighted by molar-refractivity contribution is -0.132. The lowest BCUT2D eigenvalue weighted by Crippen LogP contribution is -2.29. The van der Waals surface area contributed by atoms with Crippen molar-refractivity contribution in [1.29, 1.82) is 0 Å². The van der Waals surface area contributed by atoms with Crippen LogP contribution in [0.4, 0.5) is 5.69 Å². The van der Waals surface area contributed by atoms with E-state index in [2.05, 4.69) is 20.9 Å². The SMILES string of the molecule is COc1c(Cl)cc(/C(O)=C2\C(=O)C(=O)N(c3ccc(Br)cc3)C2c2ccncc2)cc1Cl. The Labute approximate surface area is 202 Å². The van der Waals surface area contributed by atoms with Gasteiger partial charge < -0.3 is 9.84 Å². The van der Waals surface area contributed by atoms with E-state index in [0.717, 1.165) is 4.47 Å². The number of benzene rings is 2. The highest BCUT2D eigenvalue weighted by Crippen LogP contribution is 2.43. The summed E-state index contributed by atoms with van der Waals surface area (Å²) in [4.78, 5) is 31.6. The number of hydrogen-bond donors (Lipinski definition) is 1. The second-order valence-electron chi connectivity index (χ2n) is 6.90. The van der Waals surface area contributed by atoms with Gasteiger partial charge in [0.25, 0.3) is 11.7 Å². The summed E-state index contributed by atoms with van der Waals surface area (Å²) in [6.45, 7) is 0. The molecule has 1 amide bonds. The number of methoxy groups -OCH3 is 1. The molecule has 4 rings (SSSR count). The number of hydrogen-bond acceptors (Lipinski definition) is 5. The van der Waals surface area contributed by atoms with Gasteiger partial charge in [0.15, 0.2) is 5.75 Å². The second-order valence-corrected chi connectivity index (χ2v) is 8.63. The Kier molecular flexibility index (Phi) is 6.24. The van der Waals surface area contributed by atoms with Gasteiger partial charge in [0.1, 0.15) is 5.76 Å². The summed E-state index contributed by atoms with van der Waals surface area (Å²) in [5.41, 5.74) is 1.21. The molecule has 2 heterocycles. The molecule has 1 unspecified atom stereocenters. The average Bonchev–Trinajstić information content (AvgIpc) is 3.05. The third-order valence-electron chi connectivity index (χ3n) is 5.05. The van der Waals surface area contributed by atoms with E-state index in [1.165, 1.54) is 24.1 Å². The van der Waals surface area contributed by atoms with Gasteiger partial charge in [-0.05, 0) is 54.1 Å². The van der Waals surface area contributed by atoms with Crippen molar-refractivity contribution < 1.29 is 19.4 Å². The molecule has 2 aromatic carbocycles. The molecule has 162 valence electrons. The third kappa shape index (κ3) is 3.88. The number of Topliss-reactive ketones (excluding diaryl/α,β-unsaturated/α-hetero) is 1. The van der Waals surface area contributed by atoms with Gasteiger partial charge in [-0.3, -0.25) is 19.5 Å². The fourth-order valence-electron chi connectivity index (χ4n) is 3.61. The Morgan fingerprint density at radius 1 is 1.06 bits per heavy atom. The van der Waals surface area contributed by atoms with E-state index in [1.54, 1.807) is 48.8 Å². The number of carbonyl (C=O) groups is 2. The van der Waals surface area contributed by atoms with Gasteiger partial charge in [0, 0.05) is 28.1 Å². The predicted molar refractivity (Wildman–Crippen MR) is 126 cm³/mol. The maximum Gasteiger partial charge on any atom is 0.300 e. The molecule has 1 N–H and O–H groups in total. The molecule has 1 aliphatic heterocycles. The van der Waals surface area contributed by atoms with Gasteiger partial charge in [-0.1, -0.05) is 39.1 Å². The molecule has 1 saturated heterocycles. The molecule has 32 heavy (non-hydrogen) atoms. The number of aromatic nitrogens is 1. The van der Waals surface area contributed by atoms with E-state index in [0.29, 0.717) is 11.3 Å². The number of rotatable bonds is 4. The van der Waals surface area contributed by atoms with Crippen LogP contribution < -0.4 is 9.64 Å². The number of nitrogens with zero attached hydrogens (tertiary/aromatic N) is 2. The molecular weight excluding hydrogens is 519 g/mol. The van der Waals surface area contributed by atoms with Gasteiger partial charge in [-0.25, -0.2) is 0 Å². The predicted octanol–water partition coefficient (Wildman–Crippen LogP) is 5.79. The minimum Gasteiger partial charge on any atom is -0.507 e. The van der Waals surface area contributed by atoms with Crippen LogP contribution in [-0.2, 0) is 9.59 Å². The fourth-order valence-corrected chi connectivity index (χ4v) is 4.51. The number of halogens is 3. The van der Waals surface area contributed by atoms with Crippen LogP contribution in [0.1, 0.15) is 17.2 Å². The zero-order valence-corrected chi connectivity index (χ0v) is 19.6. The zero-order valence-electron chi connectivity index (χ0n) is 16.6. The van der Waals surface area contributed by atoms with E-state index in [4.69, 9.17) is 27.9 Å². The van der Waals surface area contributed by atoms with Gasteiger partial charge in [0.05, 0.1) is 28.8 Å². The topological polar surface area (TPSA) is 79.7 Å². The number of ketones is 1. The first-order valence-electron chi connectivity index (χ1n) is 9.33. The molecule has 0 aliphatic carbocycles. The Morgan fingerprint density at radius 3 is 2.22 bits per heavy atom. The van der Waals surface area contributed by atoms with E-state index >= 15 is 0 Å². The number of aliphatic hydroxyl groups excluding tert-OH is 1. The summed E-state index contributed by atoms with van der Waals surface area (Å²) in [5, 5.41) is 11.5. The number of anilines is 1. The lowest BCUT2D eigenvalue weighted by atomic mass is 9.95. The molecule has 1 aromatic heterocycles. The van der Waals surface area contributed by atoms with Crippen molar-refractivity contribution in [3.05, 3.63) is 92.1 Å². The molecule has 6 nitrogen and oxygen atoms in total. The van der Waals surface area contributed by atoms with Crippen LogP contribution in [0.5, 0.6) is 5.75 Å². The molecule has 0 radical (unpaired) electrons. The molecule has 1 fully saturated rings. The summed E-state index contributed by atoms with van der Waals surface area (Å²) < 4.78 is 5.97. The van der Waals surface area contributed by atoms with E-state index in [1.807, 2.05) is 0 Å². The number of amides is 1. The highest BCUT2D eigenvalue weighted by atomic mass is 79.9. The van der Waals surface area contributed by atoms with E-state index < -0.39 is 23.5 Å². The highest BCUT2D eigenvalue weighted by molar-refractivity contribution is 9.10. The lowest BCUT2D eigenvalue weighted by Gasteiger charge is -2.25. The minimum atomic E-state index is -0.876. The van der Waals surface area contributed by atoms with Crippen molar-refractivity contribution in [2.45, 2.75) is 6.04 Å². The molecule has 0 spiro atoms. The quantitative estimate of drug-likeness (QED) is 0.261. The Balaban J connectivity index is 1.94. The summed E-state index contributed by atoms with van der Waals surface area (Å²) in [6.07, 6.45) is 3.11. The Morgan fingerprint density at radius 2 is 1.66 bits per heavy atom. The Hall–Kier alpha value is -2.87. The molecule has 9 heteroatoms. The molecule has 0 saturated carbocycles. The van der Waals surface area contributed by atoms with Crippen molar-refractivity contribution in [2.24, 2.45) is 0 Å². The van der Waals surface area contributed by atoms with Gasteiger partial charge in [-0.15, -0.1) is 0 Å². The smallest absolute Gasteiger partial charge is 0.300 e. The van der Waals surface area contributed by atoms with Crippen LogP contribution in [-0.4, -0.2) is 28.9 Å². The summed E-state index contributed by atoms with van der Waals surface area (Å²) in [5.74, 6) is -1.74. The molecule has 0 bridgehead atoms. The van der Waals surface area contributed by atoms with Gasteiger partial charge >= 0.3 is 0 Å². The summed E-state index contributed by atoms with van der Waals surface area (Å²) >= 11 is 15.8. The number of carbonyl (C=O) groups excluding carboxylic acids is 2. The average molecular weight is 534 g/mol. The van der Waals surface area contributed by atoms with Crippen LogP contribution in [0.15, 0.2) is 71.0 Å². The van der Waals surface area contributed by atoms with E-state index in [9.17, 15) is 14.7 Å². The van der Waals surface area contributed by atoms with Crippen LogP contribution in [0.3, 0.4) is 0 Å². The summed E-state index contributed by atoms with van der Waals surface area (Å²) in [7, 11) is 1.42. The van der Waals surface area contributed by atoms with Crippen LogP contribution in [0.2, 0.25) is 10.0 Å². The first kappa shape index (κ1) is 22.3. The summed E-state index contributed by atoms with van der Waals surface area (Å²) in [6, 6.07) is 12.3. The van der Waals surface area contributed by atoms with Crippen molar-refractivity contribution in [3.63, 3.8) is 0 Å². The normalized spacial score (nSPS) is 17.6. The standard InChI is InChI=1S/C23H15BrCl2N2O4/c1-32-22-16(25)10-13(11-17(22)26)20(29)18-19(12-6-8-27-9-7-12)28(23(31)21(18)30)15-4-2-14(24)3-5-15/h2-11,19,29H,1H3/b20-18+. The largest absolute Gasteiger partial charge is 0.507 e. The molecule has 1 aliphatic rings. The molecule has 3 aromatic rings. The Bertz CT molecular complexity index is 1220. The number of aliphatic hydroxyl groups is 1. The first-order chi connectivity index (χ1) is 15.3. The van der Waals surface area contributed by atoms with E-state index in [-0.39, 0.29) is 26.9 Å². The van der Waals surface area contributed by atoms with Crippen molar-refractivity contribution in [2.75, 3.05) is 12.0 Å². The van der Waals surface area contributed by atoms with Crippen LogP contribution >= 0.6 is 39.1 Å². The van der Waals surface area contributed by atoms with Crippen LogP contribution in [0.25, 0.3) is 5.76 Å². The minimum absolute atomic E-state index is 0.0820. The highest BCUT2D eigenvalue weighted by Gasteiger charge is 2.47. The first-order valence-corrected chi connectivity index (χ1v) is 10.9.